The first-order valence-electron chi connectivity index (χ1n) is 11.4. The zero-order valence-corrected chi connectivity index (χ0v) is 19.2. The Kier molecular flexibility index (Phi) is 6.95. The van der Waals surface area contributed by atoms with E-state index >= 15 is 0 Å². The highest BCUT2D eigenvalue weighted by atomic mass is 19.4. The van der Waals surface area contributed by atoms with Crippen LogP contribution < -0.4 is 0 Å². The number of aryl methyl sites for hydroxylation is 2. The molecule has 5 nitrogen and oxygen atoms in total. The molecule has 2 aromatic heterocycles. The fraction of sp³-hybridized carbons (Fsp3) is 0.385. The third-order valence-corrected chi connectivity index (χ3v) is 6.30. The Bertz CT molecular complexity index is 1130. The zero-order chi connectivity index (χ0) is 24.3. The van der Waals surface area contributed by atoms with Crippen molar-refractivity contribution in [3.05, 3.63) is 77.4 Å². The number of carbonyl (C=O) groups excluding carboxylic acids is 1. The number of amides is 1. The number of alkyl halides is 3. The quantitative estimate of drug-likeness (QED) is 0.479. The molecule has 1 aromatic carbocycles. The highest BCUT2D eigenvalue weighted by molar-refractivity contribution is 6.00. The number of hydrogen-bond donors (Lipinski definition) is 0. The molecule has 3 aromatic rings. The van der Waals surface area contributed by atoms with Crippen LogP contribution >= 0.6 is 0 Å². The monoisotopic (exact) mass is 468 g/mol. The van der Waals surface area contributed by atoms with Crippen LogP contribution in [0.1, 0.15) is 53.4 Å². The van der Waals surface area contributed by atoms with E-state index in [0.717, 1.165) is 30.7 Å². The molecule has 0 radical (unpaired) electrons. The summed E-state index contributed by atoms with van der Waals surface area (Å²) in [6, 6.07) is 9.90. The molecule has 0 spiro atoms. The van der Waals surface area contributed by atoms with Crippen molar-refractivity contribution in [2.75, 3.05) is 6.54 Å². The second-order valence-corrected chi connectivity index (χ2v) is 8.99. The van der Waals surface area contributed by atoms with Crippen molar-refractivity contribution in [3.63, 3.8) is 0 Å². The van der Waals surface area contributed by atoms with E-state index in [4.69, 9.17) is 0 Å². The van der Waals surface area contributed by atoms with Gasteiger partial charge in [-0.2, -0.15) is 13.2 Å². The molecule has 3 heterocycles. The first kappa shape index (κ1) is 23.9. The van der Waals surface area contributed by atoms with E-state index in [1.54, 1.807) is 18.5 Å². The molecule has 0 bridgehead atoms. The summed E-state index contributed by atoms with van der Waals surface area (Å²) in [5.74, 6) is 0.801. The summed E-state index contributed by atoms with van der Waals surface area (Å²) < 4.78 is 38.5. The lowest BCUT2D eigenvalue weighted by Gasteiger charge is -2.39. The maximum absolute atomic E-state index is 13.8. The number of carbonyl (C=O) groups is 1. The van der Waals surface area contributed by atoms with E-state index in [1.807, 2.05) is 30.0 Å². The molecular weight excluding hydrogens is 441 g/mol. The molecule has 2 atom stereocenters. The average molecular weight is 469 g/mol. The van der Waals surface area contributed by atoms with Crippen molar-refractivity contribution >= 4 is 5.91 Å². The van der Waals surface area contributed by atoms with Crippen molar-refractivity contribution in [1.82, 2.24) is 19.9 Å². The fourth-order valence-corrected chi connectivity index (χ4v) is 4.44. The van der Waals surface area contributed by atoms with E-state index in [0.29, 0.717) is 47.9 Å². The van der Waals surface area contributed by atoms with Crippen LogP contribution in [0.25, 0.3) is 11.4 Å². The van der Waals surface area contributed by atoms with Crippen molar-refractivity contribution in [2.45, 2.75) is 51.7 Å². The highest BCUT2D eigenvalue weighted by Gasteiger charge is 2.33. The molecule has 178 valence electrons. The summed E-state index contributed by atoms with van der Waals surface area (Å²) in [5, 5.41) is 0. The molecule has 0 unspecified atom stereocenters. The predicted molar refractivity (Wildman–Crippen MR) is 123 cm³/mol. The minimum Gasteiger partial charge on any atom is -0.335 e. The summed E-state index contributed by atoms with van der Waals surface area (Å²) in [6.45, 7) is 4.71. The molecule has 1 amide bonds. The Morgan fingerprint density at radius 3 is 2.53 bits per heavy atom. The van der Waals surface area contributed by atoms with Gasteiger partial charge in [0, 0.05) is 42.4 Å². The normalized spacial score (nSPS) is 18.7. The van der Waals surface area contributed by atoms with Gasteiger partial charge in [0.05, 0.1) is 11.1 Å². The van der Waals surface area contributed by atoms with Crippen LogP contribution in [0.2, 0.25) is 0 Å². The number of pyridine rings is 1. The van der Waals surface area contributed by atoms with Crippen LogP contribution in [0.4, 0.5) is 13.2 Å². The number of benzene rings is 1. The summed E-state index contributed by atoms with van der Waals surface area (Å²) >= 11 is 0. The zero-order valence-electron chi connectivity index (χ0n) is 19.2. The van der Waals surface area contributed by atoms with Crippen molar-refractivity contribution < 1.29 is 18.0 Å². The molecule has 1 saturated heterocycles. The lowest BCUT2D eigenvalue weighted by molar-refractivity contribution is -0.137. The summed E-state index contributed by atoms with van der Waals surface area (Å²) in [6.07, 6.45) is 2.76. The molecule has 1 aliphatic heterocycles. The average Bonchev–Trinajstić information content (AvgIpc) is 2.83. The maximum atomic E-state index is 13.8. The Morgan fingerprint density at radius 1 is 1.09 bits per heavy atom. The molecule has 34 heavy (non-hydrogen) atoms. The SMILES string of the molecule is Cc1ccc(-c2ncccn2)c(C(=O)N2C[C@H](C)CC[C@H]2CCc2ccc(C(F)(F)F)cn2)c1. The van der Waals surface area contributed by atoms with Gasteiger partial charge >= 0.3 is 6.18 Å². The van der Waals surface area contributed by atoms with Gasteiger partial charge in [0.15, 0.2) is 5.82 Å². The first-order valence-corrected chi connectivity index (χ1v) is 11.4. The number of piperidine rings is 1. The van der Waals surface area contributed by atoms with E-state index in [-0.39, 0.29) is 11.9 Å². The lowest BCUT2D eigenvalue weighted by Crippen LogP contribution is -2.46. The van der Waals surface area contributed by atoms with Gasteiger partial charge < -0.3 is 4.90 Å². The number of aromatic nitrogens is 3. The van der Waals surface area contributed by atoms with E-state index in [2.05, 4.69) is 21.9 Å². The maximum Gasteiger partial charge on any atom is 0.417 e. The van der Waals surface area contributed by atoms with Gasteiger partial charge in [-0.1, -0.05) is 24.6 Å². The number of likely N-dealkylation sites (tertiary alicyclic amines) is 1. The van der Waals surface area contributed by atoms with Crippen LogP contribution in [0.3, 0.4) is 0 Å². The summed E-state index contributed by atoms with van der Waals surface area (Å²) in [4.78, 5) is 28.4. The molecule has 0 saturated carbocycles. The van der Waals surface area contributed by atoms with Crippen molar-refractivity contribution in [2.24, 2.45) is 5.92 Å². The number of nitrogens with zero attached hydrogens (tertiary/aromatic N) is 4. The fourth-order valence-electron chi connectivity index (χ4n) is 4.44. The van der Waals surface area contributed by atoms with E-state index < -0.39 is 11.7 Å². The van der Waals surface area contributed by atoms with Crippen molar-refractivity contribution in [3.8, 4) is 11.4 Å². The minimum atomic E-state index is -4.40. The van der Waals surface area contributed by atoms with Crippen LogP contribution in [0, 0.1) is 12.8 Å². The largest absolute Gasteiger partial charge is 0.417 e. The van der Waals surface area contributed by atoms with Gasteiger partial charge in [-0.3, -0.25) is 9.78 Å². The molecule has 0 aliphatic carbocycles. The van der Waals surface area contributed by atoms with Crippen LogP contribution in [-0.4, -0.2) is 38.3 Å². The highest BCUT2D eigenvalue weighted by Crippen LogP contribution is 2.31. The molecule has 1 aliphatic rings. The Hall–Kier alpha value is -3.29. The number of hydrogen-bond acceptors (Lipinski definition) is 4. The van der Waals surface area contributed by atoms with Gasteiger partial charge in [-0.05, 0) is 62.8 Å². The minimum absolute atomic E-state index is 0.0159. The Morgan fingerprint density at radius 2 is 1.85 bits per heavy atom. The standard InChI is InChI=1S/C26H27F3N4O/c1-17-5-11-22(24-30-12-3-13-31-24)23(14-17)25(34)33-16-18(2)4-9-21(33)10-8-20-7-6-19(15-32-20)26(27,28)29/h3,5-7,11-15,18,21H,4,8-10,16H2,1-2H3/t18-,21+/m1/s1. The third kappa shape index (κ3) is 5.43. The van der Waals surface area contributed by atoms with Gasteiger partial charge in [0.25, 0.3) is 5.91 Å². The van der Waals surface area contributed by atoms with Crippen molar-refractivity contribution in [1.29, 1.82) is 0 Å². The molecule has 4 rings (SSSR count). The van der Waals surface area contributed by atoms with Gasteiger partial charge in [-0.25, -0.2) is 9.97 Å². The summed E-state index contributed by atoms with van der Waals surface area (Å²) in [5.41, 5.74) is 2.07. The second-order valence-electron chi connectivity index (χ2n) is 8.99. The summed E-state index contributed by atoms with van der Waals surface area (Å²) in [7, 11) is 0. The van der Waals surface area contributed by atoms with Crippen LogP contribution in [-0.2, 0) is 12.6 Å². The number of rotatable bonds is 5. The topological polar surface area (TPSA) is 59.0 Å². The van der Waals surface area contributed by atoms with Crippen LogP contribution in [0.5, 0.6) is 0 Å². The smallest absolute Gasteiger partial charge is 0.335 e. The third-order valence-electron chi connectivity index (χ3n) is 6.30. The van der Waals surface area contributed by atoms with E-state index in [9.17, 15) is 18.0 Å². The predicted octanol–water partition coefficient (Wildman–Crippen LogP) is 5.74. The molecular formula is C26H27F3N4O. The second kappa shape index (κ2) is 9.91. The van der Waals surface area contributed by atoms with Gasteiger partial charge in [0.1, 0.15) is 0 Å². The molecule has 1 fully saturated rings. The molecule has 0 N–H and O–H groups in total. The first-order chi connectivity index (χ1) is 16.2. The Labute approximate surface area is 197 Å². The molecule has 8 heteroatoms. The van der Waals surface area contributed by atoms with Gasteiger partial charge in [0.2, 0.25) is 0 Å². The van der Waals surface area contributed by atoms with Gasteiger partial charge in [-0.15, -0.1) is 0 Å². The number of halogens is 3. The Balaban J connectivity index is 1.56. The lowest BCUT2D eigenvalue weighted by atomic mass is 9.90. The van der Waals surface area contributed by atoms with Crippen LogP contribution in [0.15, 0.2) is 55.0 Å². The van der Waals surface area contributed by atoms with E-state index in [1.165, 1.54) is 6.07 Å².